The van der Waals surface area contributed by atoms with Crippen LogP contribution in [0.2, 0.25) is 0 Å². The van der Waals surface area contributed by atoms with Crippen LogP contribution in [-0.4, -0.2) is 74.1 Å². The average Bonchev–Trinajstić information content (AvgIpc) is 3.36. The molecule has 0 aromatic rings. The van der Waals surface area contributed by atoms with Crippen molar-refractivity contribution < 1.29 is 29.8 Å². The molecule has 4 atom stereocenters. The maximum absolute atomic E-state index is 12.6. The number of hydrogen-bond acceptors (Lipinski definition) is 11. The summed E-state index contributed by atoms with van der Waals surface area (Å²) < 4.78 is 5.13. The number of aliphatic hydroxyl groups excluding tert-OH is 3. The zero-order chi connectivity index (χ0) is 18.9. The van der Waals surface area contributed by atoms with Crippen molar-refractivity contribution in [2.75, 3.05) is 6.61 Å². The van der Waals surface area contributed by atoms with E-state index in [0.29, 0.717) is 17.9 Å². The summed E-state index contributed by atoms with van der Waals surface area (Å²) in [6, 6.07) is -0.240. The van der Waals surface area contributed by atoms with Gasteiger partial charge in [0.1, 0.15) is 18.3 Å². The number of nitrogens with two attached hydrogens (primary N) is 3. The van der Waals surface area contributed by atoms with Crippen molar-refractivity contribution in [3.63, 3.8) is 0 Å². The van der Waals surface area contributed by atoms with Crippen LogP contribution in [0.25, 0.3) is 0 Å². The van der Waals surface area contributed by atoms with Crippen molar-refractivity contribution in [2.45, 2.75) is 43.4 Å². The van der Waals surface area contributed by atoms with Crippen LogP contribution in [0.5, 0.6) is 0 Å². The highest BCUT2D eigenvalue weighted by atomic mass is 16.6. The molecule has 13 heteroatoms. The van der Waals surface area contributed by atoms with Gasteiger partial charge in [-0.1, -0.05) is 0 Å². The lowest BCUT2D eigenvalue weighted by Crippen LogP contribution is -2.54. The highest BCUT2D eigenvalue weighted by molar-refractivity contribution is 6.45. The SMILES string of the molecule is NC(C(=NC1CC1)C(=O)N(N)C1OC(CO)C(O)C1O)=C(N)[N+](=O)[O-]. The van der Waals surface area contributed by atoms with Crippen LogP contribution in [-0.2, 0) is 9.53 Å². The van der Waals surface area contributed by atoms with Crippen LogP contribution < -0.4 is 17.3 Å². The predicted octanol–water partition coefficient (Wildman–Crippen LogP) is -3.91. The van der Waals surface area contributed by atoms with Gasteiger partial charge in [0.05, 0.1) is 12.6 Å². The Kier molecular flexibility index (Phi) is 5.54. The van der Waals surface area contributed by atoms with Crippen LogP contribution in [0.15, 0.2) is 16.5 Å². The number of hydrogen-bond donors (Lipinski definition) is 6. The average molecular weight is 360 g/mol. The lowest BCUT2D eigenvalue weighted by atomic mass is 10.1. The van der Waals surface area contributed by atoms with E-state index >= 15 is 0 Å². The maximum Gasteiger partial charge on any atom is 0.339 e. The van der Waals surface area contributed by atoms with Crippen LogP contribution in [0, 0.1) is 10.1 Å². The Morgan fingerprint density at radius 3 is 2.36 bits per heavy atom. The molecule has 1 aliphatic heterocycles. The summed E-state index contributed by atoms with van der Waals surface area (Å²) in [4.78, 5) is 26.4. The zero-order valence-electron chi connectivity index (χ0n) is 13.1. The summed E-state index contributed by atoms with van der Waals surface area (Å²) in [6.07, 6.45) is -4.41. The highest BCUT2D eigenvalue weighted by Crippen LogP contribution is 2.26. The van der Waals surface area contributed by atoms with E-state index < -0.39 is 59.2 Å². The smallest absolute Gasteiger partial charge is 0.339 e. The van der Waals surface area contributed by atoms with Crippen molar-refractivity contribution in [3.05, 3.63) is 21.6 Å². The Balaban J connectivity index is 2.28. The van der Waals surface area contributed by atoms with E-state index in [1.165, 1.54) is 0 Å². The molecule has 2 rings (SSSR count). The molecule has 9 N–H and O–H groups in total. The van der Waals surface area contributed by atoms with Crippen molar-refractivity contribution >= 4 is 11.6 Å². The van der Waals surface area contributed by atoms with Gasteiger partial charge in [0, 0.05) is 0 Å². The van der Waals surface area contributed by atoms with Gasteiger partial charge in [-0.05, 0) is 17.8 Å². The van der Waals surface area contributed by atoms with Crippen molar-refractivity contribution in [3.8, 4) is 0 Å². The molecule has 1 amide bonds. The number of nitrogens with zero attached hydrogens (tertiary/aromatic N) is 3. The van der Waals surface area contributed by atoms with Gasteiger partial charge in [-0.2, -0.15) is 0 Å². The van der Waals surface area contributed by atoms with Crippen molar-refractivity contribution in [1.82, 2.24) is 5.01 Å². The molecule has 4 unspecified atom stereocenters. The van der Waals surface area contributed by atoms with Crippen LogP contribution in [0.1, 0.15) is 12.8 Å². The summed E-state index contributed by atoms with van der Waals surface area (Å²) in [5, 5.41) is 39.9. The van der Waals surface area contributed by atoms with Gasteiger partial charge in [0.15, 0.2) is 17.6 Å². The third kappa shape index (κ3) is 3.85. The molecule has 1 saturated heterocycles. The molecular weight excluding hydrogens is 340 g/mol. The number of aliphatic imine (C=N–C) groups is 1. The molecule has 0 bridgehead atoms. The topological polar surface area (TPSA) is 224 Å². The standard InChI is InChI=1S/C12H20N6O7/c13-6(10(14)18(23)24)7(16-4-1-2-4)11(22)17(15)12-9(21)8(20)5(3-19)25-12/h4-5,8-9,12,19-21H,1-3,13-15H2. The molecular formula is C12H20N6O7. The lowest BCUT2D eigenvalue weighted by Gasteiger charge is -2.26. The van der Waals surface area contributed by atoms with Crippen LogP contribution in [0.3, 0.4) is 0 Å². The Bertz CT molecular complexity index is 619. The minimum absolute atomic E-state index is 0.240. The highest BCUT2D eigenvalue weighted by Gasteiger charge is 2.47. The fourth-order valence-electron chi connectivity index (χ4n) is 2.19. The third-order valence-electron chi connectivity index (χ3n) is 3.81. The van der Waals surface area contributed by atoms with E-state index in [-0.39, 0.29) is 6.04 Å². The molecule has 140 valence electrons. The number of amides is 1. The predicted molar refractivity (Wildman–Crippen MR) is 81.6 cm³/mol. The first-order valence-electron chi connectivity index (χ1n) is 7.37. The van der Waals surface area contributed by atoms with Gasteiger partial charge in [0.25, 0.3) is 5.91 Å². The molecule has 0 aromatic carbocycles. The molecule has 0 spiro atoms. The van der Waals surface area contributed by atoms with E-state index in [1.807, 2.05) is 0 Å². The van der Waals surface area contributed by atoms with Crippen LogP contribution in [0.4, 0.5) is 0 Å². The van der Waals surface area contributed by atoms with E-state index in [1.54, 1.807) is 0 Å². The van der Waals surface area contributed by atoms with Gasteiger partial charge in [-0.25, -0.2) is 10.9 Å². The zero-order valence-corrected chi connectivity index (χ0v) is 13.1. The number of nitro groups is 1. The Morgan fingerprint density at radius 1 is 1.32 bits per heavy atom. The van der Waals surface area contributed by atoms with Gasteiger partial charge >= 0.3 is 5.82 Å². The summed E-state index contributed by atoms with van der Waals surface area (Å²) in [5.74, 6) is 3.59. The van der Waals surface area contributed by atoms with Crippen molar-refractivity contribution in [2.24, 2.45) is 22.3 Å². The summed E-state index contributed by atoms with van der Waals surface area (Å²) >= 11 is 0. The number of hydrazine groups is 1. The van der Waals surface area contributed by atoms with Gasteiger partial charge < -0.3 is 35.9 Å². The first kappa shape index (κ1) is 19.0. The fraction of sp³-hybridized carbons (Fsp3) is 0.667. The molecule has 13 nitrogen and oxygen atoms in total. The summed E-state index contributed by atoms with van der Waals surface area (Å²) in [6.45, 7) is -0.615. The maximum atomic E-state index is 12.6. The van der Waals surface area contributed by atoms with E-state index in [2.05, 4.69) is 4.99 Å². The summed E-state index contributed by atoms with van der Waals surface area (Å²) in [5.41, 5.74) is 9.64. The van der Waals surface area contributed by atoms with E-state index in [9.17, 15) is 25.1 Å². The second kappa shape index (κ2) is 7.28. The first-order chi connectivity index (χ1) is 11.7. The number of rotatable bonds is 6. The molecule has 1 saturated carbocycles. The largest absolute Gasteiger partial charge is 0.394 e. The first-order valence-corrected chi connectivity index (χ1v) is 7.37. The van der Waals surface area contributed by atoms with Crippen molar-refractivity contribution in [1.29, 1.82) is 0 Å². The normalized spacial score (nSPS) is 30.8. The van der Waals surface area contributed by atoms with E-state index in [4.69, 9.17) is 27.2 Å². The molecule has 0 radical (unpaired) electrons. The monoisotopic (exact) mass is 360 g/mol. The molecule has 0 aromatic heterocycles. The molecule has 1 aliphatic carbocycles. The fourth-order valence-corrected chi connectivity index (χ4v) is 2.19. The molecule has 1 heterocycles. The second-order valence-electron chi connectivity index (χ2n) is 5.71. The molecule has 2 aliphatic rings. The van der Waals surface area contributed by atoms with Gasteiger partial charge in [-0.15, -0.1) is 0 Å². The minimum Gasteiger partial charge on any atom is -0.394 e. The lowest BCUT2D eigenvalue weighted by molar-refractivity contribution is -0.427. The van der Waals surface area contributed by atoms with Gasteiger partial charge in [-0.3, -0.25) is 15.5 Å². The number of aliphatic hydroxyl groups is 3. The quantitative estimate of drug-likeness (QED) is 0.0887. The minimum atomic E-state index is -1.61. The number of ether oxygens (including phenoxy) is 1. The third-order valence-corrected chi connectivity index (χ3v) is 3.81. The summed E-state index contributed by atoms with van der Waals surface area (Å²) in [7, 11) is 0. The Labute approximate surface area is 141 Å². The molecule has 25 heavy (non-hydrogen) atoms. The Hall–Kier alpha value is -2.32. The van der Waals surface area contributed by atoms with Crippen LogP contribution >= 0.6 is 0 Å². The Morgan fingerprint density at radius 2 is 1.92 bits per heavy atom. The van der Waals surface area contributed by atoms with Gasteiger partial charge in [0.2, 0.25) is 0 Å². The molecule has 2 fully saturated rings. The number of carbonyl (C=O) groups is 1. The number of carbonyl (C=O) groups excluding carboxylic acids is 1. The van der Waals surface area contributed by atoms with E-state index in [0.717, 1.165) is 0 Å². The second-order valence-corrected chi connectivity index (χ2v) is 5.71.